The lowest BCUT2D eigenvalue weighted by atomic mass is 10.0. The van der Waals surface area contributed by atoms with Gasteiger partial charge in [0, 0.05) is 31.8 Å². The molecule has 5 N–H and O–H groups in total. The van der Waals surface area contributed by atoms with Crippen molar-refractivity contribution in [1.82, 2.24) is 19.9 Å². The van der Waals surface area contributed by atoms with Crippen molar-refractivity contribution in [2.45, 2.75) is 77.3 Å². The number of ether oxygens (including phenoxy) is 2. The summed E-state index contributed by atoms with van der Waals surface area (Å²) in [5.41, 5.74) is -1.03. The van der Waals surface area contributed by atoms with E-state index in [4.69, 9.17) is 26.2 Å². The molecule has 280 valence electrons. The lowest BCUT2D eigenvalue weighted by Crippen LogP contribution is -2.58. The van der Waals surface area contributed by atoms with E-state index in [0.29, 0.717) is 40.1 Å². The number of aromatic nitrogens is 1. The summed E-state index contributed by atoms with van der Waals surface area (Å²) in [6.07, 6.45) is 1.91. The van der Waals surface area contributed by atoms with Crippen LogP contribution in [-0.2, 0) is 34.4 Å². The monoisotopic (exact) mass is 888 g/mol. The third-order valence-corrected chi connectivity index (χ3v) is 13.9. The van der Waals surface area contributed by atoms with Crippen molar-refractivity contribution in [3.05, 3.63) is 53.7 Å². The third-order valence-electron chi connectivity index (χ3n) is 9.39. The summed E-state index contributed by atoms with van der Waals surface area (Å²) in [7, 11) is -6.30. The number of hydrogen-bond acceptors (Lipinski definition) is 11. The molecule has 6 rings (SSSR count). The summed E-state index contributed by atoms with van der Waals surface area (Å²) >= 11 is 8.31. The fourth-order valence-corrected chi connectivity index (χ4v) is 9.38. The van der Waals surface area contributed by atoms with Gasteiger partial charge in [-0.1, -0.05) is 48.0 Å². The normalized spacial score (nSPS) is 23.6. The van der Waals surface area contributed by atoms with Crippen LogP contribution in [0, 0.1) is 5.92 Å². The van der Waals surface area contributed by atoms with Crippen LogP contribution >= 0.6 is 34.2 Å². The number of likely N-dealkylation sites (tertiary alicyclic amines) is 1. The fraction of sp³-hybridized carbons (Fsp3) is 0.455. The number of hydrogen-bond donors (Lipinski definition) is 4. The molecule has 1 saturated heterocycles. The highest BCUT2D eigenvalue weighted by Gasteiger charge is 2.62. The summed E-state index contributed by atoms with van der Waals surface area (Å²) in [4.78, 5) is 47.7. The van der Waals surface area contributed by atoms with E-state index >= 15 is 0 Å². The Morgan fingerprint density at radius 2 is 1.75 bits per heavy atom. The van der Waals surface area contributed by atoms with Crippen molar-refractivity contribution in [2.75, 3.05) is 19.0 Å². The van der Waals surface area contributed by atoms with Gasteiger partial charge in [0.1, 0.15) is 29.5 Å². The van der Waals surface area contributed by atoms with Crippen LogP contribution < -0.4 is 30.0 Å². The molecule has 19 heteroatoms. The first-order chi connectivity index (χ1) is 24.4. The summed E-state index contributed by atoms with van der Waals surface area (Å²) in [5.74, 6) is -1.52. The molecule has 0 radical (unpaired) electrons. The van der Waals surface area contributed by atoms with Crippen LogP contribution in [0.25, 0.3) is 10.8 Å². The molecule has 2 heterocycles. The van der Waals surface area contributed by atoms with Crippen molar-refractivity contribution < 1.29 is 40.7 Å². The number of amides is 3. The van der Waals surface area contributed by atoms with Crippen LogP contribution in [0.15, 0.2) is 53.6 Å². The second kappa shape index (κ2) is 14.4. The van der Waals surface area contributed by atoms with Crippen LogP contribution in [0.5, 0.6) is 11.6 Å². The zero-order chi connectivity index (χ0) is 37.7. The van der Waals surface area contributed by atoms with Crippen molar-refractivity contribution in [2.24, 2.45) is 11.1 Å². The summed E-state index contributed by atoms with van der Waals surface area (Å²) < 4.78 is 62.4. The molecule has 3 amide bonds. The second-order valence-electron chi connectivity index (χ2n) is 13.5. The Bertz CT molecular complexity index is 2140. The molecule has 0 unspecified atom stereocenters. The highest BCUT2D eigenvalue weighted by Crippen LogP contribution is 2.44. The Morgan fingerprint density at radius 1 is 1.08 bits per heavy atom. The number of benzene rings is 2. The van der Waals surface area contributed by atoms with E-state index in [1.165, 1.54) is 42.5 Å². The minimum absolute atomic E-state index is 0.0190. The maximum atomic E-state index is 14.4. The number of fused-ring (bicyclic) bond motifs is 1. The SMILES string of the molecule is COc1cnc(O[C@@H]2C[C@@H](C(=O)N[C@]3(C(=O)NS(=O)(=O)C4CC4)C[C@H]3I)N(C(=O)[C@@H](Nc3ccc(S(N)(=O)=O)cc3)C(C)C)C2)c2cc(Cl)ccc12. The number of carbonyl (C=O) groups excluding carboxylic acids is 3. The smallest absolute Gasteiger partial charge is 0.260 e. The van der Waals surface area contributed by atoms with Crippen LogP contribution in [0.3, 0.4) is 0 Å². The molecule has 1 aromatic heterocycles. The first-order valence-electron chi connectivity index (χ1n) is 16.4. The zero-order valence-corrected chi connectivity index (χ0v) is 32.9. The largest absolute Gasteiger partial charge is 0.494 e. The average Bonchev–Trinajstić information content (AvgIpc) is 4.00. The molecule has 3 fully saturated rings. The molecule has 52 heavy (non-hydrogen) atoms. The number of pyridine rings is 1. The number of primary sulfonamides is 1. The van der Waals surface area contributed by atoms with E-state index < -0.39 is 66.7 Å². The Balaban J connectivity index is 1.29. The third kappa shape index (κ3) is 7.90. The summed E-state index contributed by atoms with van der Waals surface area (Å²) in [6.45, 7) is 3.59. The Morgan fingerprint density at radius 3 is 2.33 bits per heavy atom. The number of nitrogens with two attached hydrogens (primary N) is 1. The molecule has 3 aromatic rings. The number of carbonyl (C=O) groups is 3. The fourth-order valence-electron chi connectivity index (χ4n) is 6.20. The minimum Gasteiger partial charge on any atom is -0.494 e. The maximum absolute atomic E-state index is 14.4. The molecule has 0 bridgehead atoms. The first kappa shape index (κ1) is 38.3. The van der Waals surface area contributed by atoms with Gasteiger partial charge in [0.25, 0.3) is 5.91 Å². The van der Waals surface area contributed by atoms with Crippen molar-refractivity contribution >= 4 is 88.4 Å². The van der Waals surface area contributed by atoms with E-state index in [-0.39, 0.29) is 40.0 Å². The molecule has 1 aliphatic heterocycles. The number of nitrogens with zero attached hydrogens (tertiary/aromatic N) is 2. The molecule has 3 aliphatic rings. The number of rotatable bonds is 13. The number of methoxy groups -OCH3 is 1. The van der Waals surface area contributed by atoms with Crippen LogP contribution in [0.4, 0.5) is 5.69 Å². The van der Waals surface area contributed by atoms with Gasteiger partial charge in [-0.3, -0.25) is 19.1 Å². The molecular formula is C33H38ClIN6O9S2. The van der Waals surface area contributed by atoms with E-state index in [1.54, 1.807) is 18.2 Å². The summed E-state index contributed by atoms with van der Waals surface area (Å²) in [6, 6.07) is 8.75. The molecule has 2 aromatic carbocycles. The average molecular weight is 889 g/mol. The number of sulfonamides is 2. The van der Waals surface area contributed by atoms with Gasteiger partial charge in [-0.05, 0) is 67.6 Å². The van der Waals surface area contributed by atoms with Gasteiger partial charge in [-0.25, -0.2) is 27.0 Å². The van der Waals surface area contributed by atoms with Gasteiger partial charge >= 0.3 is 0 Å². The van der Waals surface area contributed by atoms with Crippen molar-refractivity contribution in [1.29, 1.82) is 0 Å². The van der Waals surface area contributed by atoms with Gasteiger partial charge in [0.2, 0.25) is 37.7 Å². The van der Waals surface area contributed by atoms with Gasteiger partial charge in [0.15, 0.2) is 0 Å². The quantitative estimate of drug-likeness (QED) is 0.145. The van der Waals surface area contributed by atoms with E-state index in [2.05, 4.69) is 20.3 Å². The van der Waals surface area contributed by atoms with E-state index in [0.717, 1.165) is 0 Å². The lowest BCUT2D eigenvalue weighted by Gasteiger charge is -2.31. The first-order valence-corrected chi connectivity index (χ1v) is 21.2. The number of alkyl halides is 1. The molecule has 15 nitrogen and oxygen atoms in total. The number of halogens is 2. The topological polar surface area (TPSA) is 216 Å². The molecule has 2 saturated carbocycles. The molecular weight excluding hydrogens is 851 g/mol. The summed E-state index contributed by atoms with van der Waals surface area (Å²) in [5, 5.41) is 12.2. The van der Waals surface area contributed by atoms with E-state index in [1.807, 2.05) is 36.4 Å². The van der Waals surface area contributed by atoms with Gasteiger partial charge in [-0.2, -0.15) is 0 Å². The number of anilines is 1. The predicted octanol–water partition coefficient (Wildman–Crippen LogP) is 2.70. The standard InChI is InChI=1S/C33H38ClIN6O9S2/c1-17(2)28(38-19-5-7-21(8-6-19)51(36,45)46)31(43)41-16-20(50-30-24-12-18(34)4-11-23(24)26(49-3)15-37-30)13-25(41)29(42)39-33(14-27(33)35)32(44)40-52(47,48)22-9-10-22/h4-8,11-12,15,17,20,22,25,27-28,38H,9-10,13-14,16H2,1-3H3,(H,39,42)(H,40,44)(H2,36,45,46)/t20-,25+,27-,28+,33-/m1/s1. The Kier molecular flexibility index (Phi) is 10.6. The van der Waals surface area contributed by atoms with Gasteiger partial charge in [0.05, 0.1) is 30.0 Å². The Labute approximate surface area is 319 Å². The maximum Gasteiger partial charge on any atom is 0.260 e. The van der Waals surface area contributed by atoms with Crippen molar-refractivity contribution in [3.8, 4) is 11.6 Å². The van der Waals surface area contributed by atoms with Crippen LogP contribution in [0.2, 0.25) is 5.02 Å². The number of nitrogens with one attached hydrogen (secondary N) is 3. The Hall–Kier alpha value is -3.46. The van der Waals surface area contributed by atoms with Gasteiger partial charge in [-0.15, -0.1) is 0 Å². The molecule has 5 atom stereocenters. The van der Waals surface area contributed by atoms with Crippen LogP contribution in [-0.4, -0.2) is 91.0 Å². The minimum atomic E-state index is -3.94. The molecule has 0 spiro atoms. The van der Waals surface area contributed by atoms with Gasteiger partial charge < -0.3 is 25.0 Å². The highest BCUT2D eigenvalue weighted by molar-refractivity contribution is 14.1. The van der Waals surface area contributed by atoms with Crippen molar-refractivity contribution in [3.63, 3.8) is 0 Å². The predicted molar refractivity (Wildman–Crippen MR) is 201 cm³/mol. The van der Waals surface area contributed by atoms with E-state index in [9.17, 15) is 31.2 Å². The zero-order valence-electron chi connectivity index (χ0n) is 28.3. The van der Waals surface area contributed by atoms with Crippen LogP contribution in [0.1, 0.15) is 39.5 Å². The second-order valence-corrected chi connectivity index (χ2v) is 19.0. The lowest BCUT2D eigenvalue weighted by molar-refractivity contribution is -0.140. The molecule has 2 aliphatic carbocycles. The highest BCUT2D eigenvalue weighted by atomic mass is 127.